The third kappa shape index (κ3) is 4.08. The second kappa shape index (κ2) is 5.72. The summed E-state index contributed by atoms with van der Waals surface area (Å²) in [7, 11) is 0. The van der Waals surface area contributed by atoms with Crippen LogP contribution in [0, 0.1) is 5.92 Å². The molecule has 5 heteroatoms. The number of nitrogens with zero attached hydrogens (tertiary/aromatic N) is 1. The van der Waals surface area contributed by atoms with Crippen LogP contribution < -0.4 is 5.32 Å². The molecule has 0 aromatic heterocycles. The molecule has 2 N–H and O–H groups in total. The van der Waals surface area contributed by atoms with Gasteiger partial charge in [-0.15, -0.1) is 0 Å². The average molecular weight is 228 g/mol. The fraction of sp³-hybridized carbons (Fsp3) is 0.818. The summed E-state index contributed by atoms with van der Waals surface area (Å²) in [5, 5.41) is 11.3. The van der Waals surface area contributed by atoms with E-state index in [1.165, 1.54) is 0 Å². The molecule has 1 fully saturated rings. The van der Waals surface area contributed by atoms with Crippen LogP contribution in [0.2, 0.25) is 0 Å². The van der Waals surface area contributed by atoms with Crippen LogP contribution in [0.4, 0.5) is 4.79 Å². The van der Waals surface area contributed by atoms with E-state index < -0.39 is 5.97 Å². The molecule has 0 aliphatic carbocycles. The van der Waals surface area contributed by atoms with Gasteiger partial charge in [-0.2, -0.15) is 0 Å². The van der Waals surface area contributed by atoms with E-state index in [4.69, 9.17) is 5.11 Å². The van der Waals surface area contributed by atoms with Crippen molar-refractivity contribution >= 4 is 12.0 Å². The van der Waals surface area contributed by atoms with Gasteiger partial charge in [0.2, 0.25) is 0 Å². The van der Waals surface area contributed by atoms with Crippen LogP contribution in [0.1, 0.15) is 33.1 Å². The second-order valence-electron chi connectivity index (χ2n) is 4.64. The van der Waals surface area contributed by atoms with Gasteiger partial charge in [-0.25, -0.2) is 4.79 Å². The standard InChI is InChI=1S/C11H20N2O3/c1-8-4-3-5-13(7-8)11(16)12-9(2)6-10(14)15/h8-9H,3-7H2,1-2H3,(H,12,16)(H,14,15). The minimum Gasteiger partial charge on any atom is -0.481 e. The van der Waals surface area contributed by atoms with Crippen molar-refractivity contribution in [3.05, 3.63) is 0 Å². The maximum Gasteiger partial charge on any atom is 0.317 e. The fourth-order valence-electron chi connectivity index (χ4n) is 1.99. The Morgan fingerprint density at radius 3 is 2.81 bits per heavy atom. The molecule has 0 spiro atoms. The number of carbonyl (C=O) groups excluding carboxylic acids is 1. The van der Waals surface area contributed by atoms with Gasteiger partial charge in [0.15, 0.2) is 0 Å². The number of nitrogens with one attached hydrogen (secondary N) is 1. The topological polar surface area (TPSA) is 69.6 Å². The van der Waals surface area contributed by atoms with E-state index in [1.54, 1.807) is 11.8 Å². The predicted octanol–water partition coefficient (Wildman–Crippen LogP) is 1.29. The summed E-state index contributed by atoms with van der Waals surface area (Å²) in [6, 6.07) is -0.456. The molecular weight excluding hydrogens is 208 g/mol. The smallest absolute Gasteiger partial charge is 0.317 e. The number of carbonyl (C=O) groups is 2. The Hall–Kier alpha value is -1.26. The Kier molecular flexibility index (Phi) is 4.58. The van der Waals surface area contributed by atoms with Crippen molar-refractivity contribution in [3.63, 3.8) is 0 Å². The lowest BCUT2D eigenvalue weighted by Gasteiger charge is -2.31. The van der Waals surface area contributed by atoms with Crippen LogP contribution >= 0.6 is 0 Å². The zero-order chi connectivity index (χ0) is 12.1. The van der Waals surface area contributed by atoms with Crippen molar-refractivity contribution in [2.24, 2.45) is 5.92 Å². The first-order chi connectivity index (χ1) is 7.49. The first-order valence-electron chi connectivity index (χ1n) is 5.76. The number of piperidine rings is 1. The number of carboxylic acids is 1. The number of carboxylic acid groups (broad SMARTS) is 1. The first-order valence-corrected chi connectivity index (χ1v) is 5.76. The molecule has 0 aromatic rings. The monoisotopic (exact) mass is 228 g/mol. The van der Waals surface area contributed by atoms with Crippen molar-refractivity contribution in [2.75, 3.05) is 13.1 Å². The number of amides is 2. The highest BCUT2D eigenvalue weighted by Gasteiger charge is 2.22. The van der Waals surface area contributed by atoms with Crippen LogP contribution in [0.5, 0.6) is 0 Å². The predicted molar refractivity (Wildman–Crippen MR) is 60.2 cm³/mol. The number of rotatable bonds is 3. The lowest BCUT2D eigenvalue weighted by Crippen LogP contribution is -2.48. The SMILES string of the molecule is CC1CCCN(C(=O)NC(C)CC(=O)O)C1. The Balaban J connectivity index is 2.36. The van der Waals surface area contributed by atoms with Crippen molar-refractivity contribution < 1.29 is 14.7 Å². The van der Waals surface area contributed by atoms with E-state index in [2.05, 4.69) is 12.2 Å². The molecule has 0 saturated carbocycles. The van der Waals surface area contributed by atoms with Crippen molar-refractivity contribution in [1.82, 2.24) is 10.2 Å². The summed E-state index contributed by atoms with van der Waals surface area (Å²) >= 11 is 0. The molecule has 1 heterocycles. The van der Waals surface area contributed by atoms with E-state index in [9.17, 15) is 9.59 Å². The highest BCUT2D eigenvalue weighted by molar-refractivity contribution is 5.75. The number of hydrogen-bond acceptors (Lipinski definition) is 2. The molecule has 1 aliphatic heterocycles. The molecule has 16 heavy (non-hydrogen) atoms. The van der Waals surface area contributed by atoms with Gasteiger partial charge in [0.1, 0.15) is 0 Å². The minimum absolute atomic E-state index is 0.0326. The van der Waals surface area contributed by atoms with Gasteiger partial charge < -0.3 is 15.3 Å². The molecule has 2 amide bonds. The second-order valence-corrected chi connectivity index (χ2v) is 4.64. The maximum atomic E-state index is 11.8. The number of hydrogen-bond donors (Lipinski definition) is 2. The molecule has 0 aromatic carbocycles. The fourth-order valence-corrected chi connectivity index (χ4v) is 1.99. The molecule has 92 valence electrons. The highest BCUT2D eigenvalue weighted by Crippen LogP contribution is 2.15. The molecule has 0 bridgehead atoms. The Morgan fingerprint density at radius 1 is 1.56 bits per heavy atom. The van der Waals surface area contributed by atoms with Gasteiger partial charge in [-0.1, -0.05) is 6.92 Å². The third-order valence-electron chi connectivity index (χ3n) is 2.79. The summed E-state index contributed by atoms with van der Waals surface area (Å²) in [4.78, 5) is 24.0. The van der Waals surface area contributed by atoms with E-state index in [0.717, 1.165) is 25.9 Å². The van der Waals surface area contributed by atoms with Gasteiger partial charge in [0.25, 0.3) is 0 Å². The summed E-state index contributed by atoms with van der Waals surface area (Å²) < 4.78 is 0. The molecule has 5 nitrogen and oxygen atoms in total. The Morgan fingerprint density at radius 2 is 2.25 bits per heavy atom. The Bertz CT molecular complexity index is 268. The van der Waals surface area contributed by atoms with Crippen molar-refractivity contribution in [3.8, 4) is 0 Å². The number of urea groups is 1. The number of likely N-dealkylation sites (tertiary alicyclic amines) is 1. The normalized spacial score (nSPS) is 22.6. The molecule has 2 unspecified atom stereocenters. The molecule has 1 rings (SSSR count). The zero-order valence-electron chi connectivity index (χ0n) is 9.90. The zero-order valence-corrected chi connectivity index (χ0v) is 9.90. The van der Waals surface area contributed by atoms with Gasteiger partial charge >= 0.3 is 12.0 Å². The van der Waals surface area contributed by atoms with Crippen LogP contribution in [0.15, 0.2) is 0 Å². The van der Waals surface area contributed by atoms with Crippen LogP contribution in [-0.4, -0.2) is 41.1 Å². The van der Waals surface area contributed by atoms with Gasteiger partial charge in [0, 0.05) is 19.1 Å². The Labute approximate surface area is 95.8 Å². The largest absolute Gasteiger partial charge is 0.481 e. The quantitative estimate of drug-likeness (QED) is 0.764. The van der Waals surface area contributed by atoms with Gasteiger partial charge in [-0.05, 0) is 25.7 Å². The number of aliphatic carboxylic acids is 1. The van der Waals surface area contributed by atoms with Crippen LogP contribution in [0.25, 0.3) is 0 Å². The van der Waals surface area contributed by atoms with Crippen LogP contribution in [-0.2, 0) is 4.79 Å². The lowest BCUT2D eigenvalue weighted by atomic mass is 10.0. The molecular formula is C11H20N2O3. The van der Waals surface area contributed by atoms with Crippen molar-refractivity contribution in [2.45, 2.75) is 39.2 Å². The summed E-state index contributed by atoms with van der Waals surface area (Å²) in [6.45, 7) is 5.38. The third-order valence-corrected chi connectivity index (χ3v) is 2.79. The molecule has 1 aliphatic rings. The van der Waals surface area contributed by atoms with E-state index in [0.29, 0.717) is 5.92 Å². The van der Waals surface area contributed by atoms with Crippen LogP contribution in [0.3, 0.4) is 0 Å². The van der Waals surface area contributed by atoms with E-state index in [-0.39, 0.29) is 18.5 Å². The molecule has 1 saturated heterocycles. The summed E-state index contributed by atoms with van der Waals surface area (Å²) in [6.07, 6.45) is 2.16. The summed E-state index contributed by atoms with van der Waals surface area (Å²) in [5.74, 6) is -0.353. The van der Waals surface area contributed by atoms with Gasteiger partial charge in [-0.3, -0.25) is 4.79 Å². The van der Waals surface area contributed by atoms with Gasteiger partial charge in [0.05, 0.1) is 6.42 Å². The minimum atomic E-state index is -0.889. The van der Waals surface area contributed by atoms with E-state index in [1.807, 2.05) is 0 Å². The first kappa shape index (κ1) is 12.8. The highest BCUT2D eigenvalue weighted by atomic mass is 16.4. The summed E-state index contributed by atoms with van der Waals surface area (Å²) in [5.41, 5.74) is 0. The van der Waals surface area contributed by atoms with Crippen molar-refractivity contribution in [1.29, 1.82) is 0 Å². The molecule has 2 atom stereocenters. The lowest BCUT2D eigenvalue weighted by molar-refractivity contribution is -0.137. The molecule has 0 radical (unpaired) electrons. The average Bonchev–Trinajstić information content (AvgIpc) is 2.16. The maximum absolute atomic E-state index is 11.8. The van der Waals surface area contributed by atoms with E-state index >= 15 is 0 Å².